The van der Waals surface area contributed by atoms with Gasteiger partial charge in [-0.3, -0.25) is 4.79 Å². The van der Waals surface area contributed by atoms with Crippen LogP contribution < -0.4 is 11.1 Å². The first-order chi connectivity index (χ1) is 14.9. The zero-order valence-corrected chi connectivity index (χ0v) is 18.7. The number of aldehydes is 1. The van der Waals surface area contributed by atoms with Gasteiger partial charge in [0.2, 0.25) is 0 Å². The summed E-state index contributed by atoms with van der Waals surface area (Å²) in [6.07, 6.45) is 2.71. The Balaban J connectivity index is 0.000000194. The summed E-state index contributed by atoms with van der Waals surface area (Å²) in [6, 6.07) is 15.7. The third-order valence-electron chi connectivity index (χ3n) is 5.65. The van der Waals surface area contributed by atoms with Gasteiger partial charge in [-0.1, -0.05) is 36.0 Å². The average Bonchev–Trinajstić information content (AvgIpc) is 3.26. The lowest BCUT2D eigenvalue weighted by molar-refractivity contribution is 0.111. The molecule has 0 radical (unpaired) electrons. The van der Waals surface area contributed by atoms with E-state index >= 15 is 0 Å². The van der Waals surface area contributed by atoms with Crippen molar-refractivity contribution in [1.29, 1.82) is 5.41 Å². The maximum Gasteiger partial charge on any atom is 0.166 e. The standard InChI is InChI=1S/C14H15N3OS.C10H13NO/c1-9-14(6-11(8-18)17(9)2)19-12-3-4-13(16)10(5-12)7-15;1-11-9-6-7-4-2-3-5-8(7)10(9)12/h3-8,15H,16H2,1-2H3;2-5,9-12H,6H2,1H3. The molecule has 0 saturated carbocycles. The zero-order chi connectivity index (χ0) is 22.5. The molecule has 1 aliphatic rings. The van der Waals surface area contributed by atoms with Crippen molar-refractivity contribution in [3.05, 3.63) is 76.6 Å². The van der Waals surface area contributed by atoms with E-state index in [4.69, 9.17) is 11.1 Å². The molecule has 2 unspecified atom stereocenters. The quantitative estimate of drug-likeness (QED) is 0.277. The summed E-state index contributed by atoms with van der Waals surface area (Å²) in [5, 5.41) is 20.2. The number of nitrogen functional groups attached to an aromatic ring is 1. The van der Waals surface area contributed by atoms with E-state index in [9.17, 15) is 9.90 Å². The maximum atomic E-state index is 10.9. The fourth-order valence-electron chi connectivity index (χ4n) is 3.61. The zero-order valence-electron chi connectivity index (χ0n) is 17.9. The minimum atomic E-state index is -0.328. The first-order valence-corrected chi connectivity index (χ1v) is 10.8. The number of aliphatic hydroxyl groups is 1. The number of aromatic nitrogens is 1. The number of hydrogen-bond donors (Lipinski definition) is 4. The van der Waals surface area contributed by atoms with Gasteiger partial charge in [0.15, 0.2) is 6.29 Å². The Hall–Kier alpha value is -2.87. The second-order valence-electron chi connectivity index (χ2n) is 7.48. The van der Waals surface area contributed by atoms with Crippen molar-refractivity contribution in [3.63, 3.8) is 0 Å². The van der Waals surface area contributed by atoms with Crippen molar-refractivity contribution >= 4 is 30.0 Å². The van der Waals surface area contributed by atoms with Gasteiger partial charge in [0, 0.05) is 46.0 Å². The van der Waals surface area contributed by atoms with Gasteiger partial charge in [-0.2, -0.15) is 0 Å². The fraction of sp³-hybridized carbons (Fsp3) is 0.250. The van der Waals surface area contributed by atoms with Crippen LogP contribution in [0.15, 0.2) is 58.3 Å². The van der Waals surface area contributed by atoms with Gasteiger partial charge in [-0.05, 0) is 55.8 Å². The highest BCUT2D eigenvalue weighted by molar-refractivity contribution is 7.99. The molecule has 1 aliphatic carbocycles. The number of hydrogen-bond acceptors (Lipinski definition) is 6. The fourth-order valence-corrected chi connectivity index (χ4v) is 4.65. The molecule has 1 heterocycles. The Morgan fingerprint density at radius 3 is 2.61 bits per heavy atom. The molecule has 2 aromatic carbocycles. The Labute approximate surface area is 187 Å². The lowest BCUT2D eigenvalue weighted by Crippen LogP contribution is -2.29. The summed E-state index contributed by atoms with van der Waals surface area (Å²) in [4.78, 5) is 12.9. The monoisotopic (exact) mass is 436 g/mol. The molecule has 0 spiro atoms. The molecule has 162 valence electrons. The number of benzene rings is 2. The lowest BCUT2D eigenvalue weighted by Gasteiger charge is -2.12. The Kier molecular flexibility index (Phi) is 7.33. The van der Waals surface area contributed by atoms with E-state index in [1.165, 1.54) is 11.8 Å². The highest BCUT2D eigenvalue weighted by Gasteiger charge is 2.28. The number of carbonyl (C=O) groups is 1. The van der Waals surface area contributed by atoms with Gasteiger partial charge in [0.25, 0.3) is 0 Å². The molecule has 3 aromatic rings. The van der Waals surface area contributed by atoms with Gasteiger partial charge >= 0.3 is 0 Å². The number of carbonyl (C=O) groups excluding carboxylic acids is 1. The van der Waals surface area contributed by atoms with E-state index in [2.05, 4.69) is 11.4 Å². The molecule has 0 bridgehead atoms. The molecule has 0 fully saturated rings. The number of rotatable bonds is 5. The number of fused-ring (bicyclic) bond motifs is 1. The van der Waals surface area contributed by atoms with E-state index in [0.717, 1.165) is 33.8 Å². The van der Waals surface area contributed by atoms with Gasteiger partial charge in [0.1, 0.15) is 0 Å². The van der Waals surface area contributed by atoms with E-state index in [0.29, 0.717) is 16.9 Å². The molecule has 0 saturated heterocycles. The summed E-state index contributed by atoms with van der Waals surface area (Å²) < 4.78 is 1.87. The molecule has 1 aromatic heterocycles. The second-order valence-corrected chi connectivity index (χ2v) is 8.59. The SMILES string of the molecule is CNC1Cc2ccccc2C1O.Cc1c(Sc2ccc(N)c(C=N)c2)cc(C=O)n1C. The van der Waals surface area contributed by atoms with E-state index in [1.54, 1.807) is 17.8 Å². The van der Waals surface area contributed by atoms with Crippen LogP contribution in [0, 0.1) is 12.3 Å². The molecule has 0 aliphatic heterocycles. The molecule has 7 heteroatoms. The largest absolute Gasteiger partial charge is 0.398 e. The van der Waals surface area contributed by atoms with E-state index in [1.807, 2.05) is 62.0 Å². The highest BCUT2D eigenvalue weighted by atomic mass is 32.2. The summed E-state index contributed by atoms with van der Waals surface area (Å²) in [6.45, 7) is 1.98. The van der Waals surface area contributed by atoms with Crippen molar-refractivity contribution < 1.29 is 9.90 Å². The maximum absolute atomic E-state index is 10.9. The van der Waals surface area contributed by atoms with Gasteiger partial charge in [-0.25, -0.2) is 0 Å². The van der Waals surface area contributed by atoms with Crippen LogP contribution in [-0.2, 0) is 13.5 Å². The molecule has 5 N–H and O–H groups in total. The van der Waals surface area contributed by atoms with Crippen LogP contribution in [0.2, 0.25) is 0 Å². The van der Waals surface area contributed by atoms with Gasteiger partial charge in [0.05, 0.1) is 11.8 Å². The number of likely N-dealkylation sites (N-methyl/N-ethyl adjacent to an activating group) is 1. The second kappa shape index (κ2) is 9.96. The van der Waals surface area contributed by atoms with Crippen molar-refractivity contribution in [2.75, 3.05) is 12.8 Å². The summed E-state index contributed by atoms with van der Waals surface area (Å²) in [5.41, 5.74) is 11.1. The molecular formula is C24H28N4O2S. The minimum Gasteiger partial charge on any atom is -0.398 e. The number of aliphatic hydroxyl groups excluding tert-OH is 1. The lowest BCUT2D eigenvalue weighted by atomic mass is 10.1. The topological polar surface area (TPSA) is 104 Å². The van der Waals surface area contributed by atoms with Crippen molar-refractivity contribution in [2.45, 2.75) is 35.3 Å². The van der Waals surface area contributed by atoms with Gasteiger partial charge in [-0.15, -0.1) is 0 Å². The van der Waals surface area contributed by atoms with E-state index in [-0.39, 0.29) is 12.1 Å². The van der Waals surface area contributed by atoms with Crippen LogP contribution in [0.4, 0.5) is 5.69 Å². The number of nitrogens with one attached hydrogen (secondary N) is 2. The van der Waals surface area contributed by atoms with Crippen molar-refractivity contribution in [2.24, 2.45) is 7.05 Å². The first-order valence-electron chi connectivity index (χ1n) is 10.0. The van der Waals surface area contributed by atoms with Crippen LogP contribution in [-0.4, -0.2) is 35.3 Å². The third-order valence-corrected chi connectivity index (χ3v) is 6.78. The number of anilines is 1. The molecule has 31 heavy (non-hydrogen) atoms. The smallest absolute Gasteiger partial charge is 0.166 e. The molecule has 4 rings (SSSR count). The van der Waals surface area contributed by atoms with E-state index < -0.39 is 0 Å². The van der Waals surface area contributed by atoms with Crippen molar-refractivity contribution in [3.8, 4) is 0 Å². The van der Waals surface area contributed by atoms with Gasteiger partial charge < -0.3 is 26.1 Å². The number of nitrogens with zero attached hydrogens (tertiary/aromatic N) is 1. The summed E-state index contributed by atoms with van der Waals surface area (Å²) in [5.74, 6) is 0. The molecule has 0 amide bonds. The van der Waals surface area contributed by atoms with Crippen LogP contribution in [0.1, 0.15) is 39.0 Å². The van der Waals surface area contributed by atoms with Crippen molar-refractivity contribution in [1.82, 2.24) is 9.88 Å². The van der Waals surface area contributed by atoms with Crippen LogP contribution in [0.3, 0.4) is 0 Å². The Morgan fingerprint density at radius 1 is 1.26 bits per heavy atom. The van der Waals surface area contributed by atoms with Crippen LogP contribution >= 0.6 is 11.8 Å². The molecule has 2 atom stereocenters. The molecule has 6 nitrogen and oxygen atoms in total. The summed E-state index contributed by atoms with van der Waals surface area (Å²) >= 11 is 1.56. The molecular weight excluding hydrogens is 408 g/mol. The number of nitrogens with two attached hydrogens (primary N) is 1. The average molecular weight is 437 g/mol. The van der Waals surface area contributed by atoms with Crippen LogP contribution in [0.25, 0.3) is 0 Å². The predicted molar refractivity (Wildman–Crippen MR) is 126 cm³/mol. The minimum absolute atomic E-state index is 0.197. The Morgan fingerprint density at radius 2 is 2.00 bits per heavy atom. The van der Waals surface area contributed by atoms with Crippen LogP contribution in [0.5, 0.6) is 0 Å². The predicted octanol–water partition coefficient (Wildman–Crippen LogP) is 3.74. The summed E-state index contributed by atoms with van der Waals surface area (Å²) in [7, 11) is 3.76. The Bertz CT molecular complexity index is 1090. The normalized spacial score (nSPS) is 16.9. The third kappa shape index (κ3) is 4.90. The highest BCUT2D eigenvalue weighted by Crippen LogP contribution is 2.33. The first kappa shape index (κ1) is 22.8.